The first-order valence-electron chi connectivity index (χ1n) is 20.5. The first-order valence-corrected chi connectivity index (χ1v) is 22.3. The van der Waals surface area contributed by atoms with E-state index < -0.39 is 20.9 Å². The average Bonchev–Trinajstić information content (AvgIpc) is 3.89. The lowest BCUT2D eigenvalue weighted by molar-refractivity contribution is -0.145. The number of hydrogen-bond donors (Lipinski definition) is 0. The van der Waals surface area contributed by atoms with Crippen LogP contribution in [0.25, 0.3) is 0 Å². The van der Waals surface area contributed by atoms with Gasteiger partial charge in [-0.2, -0.15) is 8.42 Å². The van der Waals surface area contributed by atoms with E-state index in [1.165, 1.54) is 14.2 Å². The van der Waals surface area contributed by atoms with Crippen molar-refractivity contribution in [2.75, 3.05) is 65.8 Å². The van der Waals surface area contributed by atoms with Gasteiger partial charge in [0.15, 0.2) is 17.2 Å². The van der Waals surface area contributed by atoms with Gasteiger partial charge < -0.3 is 28.0 Å². The molecule has 1 amide bonds. The normalized spacial score (nSPS) is 29.0. The number of likely N-dealkylation sites (tertiary alicyclic amines) is 1. The molecule has 2 aromatic carbocycles. The van der Waals surface area contributed by atoms with Crippen molar-refractivity contribution in [2.24, 2.45) is 10.4 Å². The molecule has 0 saturated carbocycles. The Morgan fingerprint density at radius 3 is 2.53 bits per heavy atom. The van der Waals surface area contributed by atoms with Crippen LogP contribution in [0.4, 0.5) is 11.4 Å². The van der Waals surface area contributed by atoms with Gasteiger partial charge in [-0.25, -0.2) is 0 Å². The van der Waals surface area contributed by atoms with Crippen molar-refractivity contribution >= 4 is 45.1 Å². The molecule has 0 bridgehead atoms. The number of rotatable bonds is 13. The van der Waals surface area contributed by atoms with E-state index in [4.69, 9.17) is 28.1 Å². The number of esters is 2. The van der Waals surface area contributed by atoms with Crippen LogP contribution >= 0.6 is 0 Å². The molecular weight excluding hydrogens is 777 g/mol. The van der Waals surface area contributed by atoms with Crippen LogP contribution in [0.3, 0.4) is 0 Å². The predicted octanol–water partition coefficient (Wildman–Crippen LogP) is 5.17. The highest BCUT2D eigenvalue weighted by Crippen LogP contribution is 2.67. The van der Waals surface area contributed by atoms with Crippen molar-refractivity contribution in [3.05, 3.63) is 65.8 Å². The van der Waals surface area contributed by atoms with Crippen LogP contribution < -0.4 is 18.6 Å². The zero-order valence-corrected chi connectivity index (χ0v) is 35.5. The standard InChI is InChI=1S/C44H54N4O10S/c1-8-22-57-40-27(28-25-46(3)30(14-15-34(50)54-4)38-36(28)26-12-10-13-31(37(26)45-38)58-59(7,52)53)23-29-39(41(40)56-6)48(33(49)9-2)32-16-18-43(24-35(51)55-5)17-11-20-47-21-19-44(29,32)42(43)47/h8,10,12-13,16,18,23,28,30,32,36,42H,1,9,11,14-15,17,19-22,24-25H2,2-7H3/t28-,30-,32+,36?,42+,43+,44+/m0/s1. The second kappa shape index (κ2) is 15.4. The Balaban J connectivity index is 1.38. The van der Waals surface area contributed by atoms with Crippen LogP contribution in [-0.2, 0) is 39.4 Å². The summed E-state index contributed by atoms with van der Waals surface area (Å²) in [7, 11) is 2.52. The number of nitrogens with zero attached hydrogens (tertiary/aromatic N) is 4. The number of likely N-dealkylation sites (N-methyl/N-ethyl adjacent to an activating group) is 1. The van der Waals surface area contributed by atoms with Crippen molar-refractivity contribution < 1.29 is 45.9 Å². The van der Waals surface area contributed by atoms with Crippen molar-refractivity contribution in [1.82, 2.24) is 9.80 Å². The fourth-order valence-electron chi connectivity index (χ4n) is 11.6. The molecular formula is C44H54N4O10S. The lowest BCUT2D eigenvalue weighted by atomic mass is 9.54. The maximum absolute atomic E-state index is 14.4. The molecule has 0 radical (unpaired) electrons. The zero-order valence-electron chi connectivity index (χ0n) is 34.7. The summed E-state index contributed by atoms with van der Waals surface area (Å²) in [6.45, 7) is 8.17. The van der Waals surface area contributed by atoms with Crippen LogP contribution in [0.1, 0.15) is 80.4 Å². The Bertz CT molecular complexity index is 2260. The van der Waals surface area contributed by atoms with E-state index in [0.717, 1.165) is 61.0 Å². The molecule has 59 heavy (non-hydrogen) atoms. The zero-order chi connectivity index (χ0) is 42.0. The number of para-hydroxylation sites is 1. The van der Waals surface area contributed by atoms with Crippen LogP contribution in [0.2, 0.25) is 0 Å². The number of piperidine rings is 2. The molecule has 2 aromatic rings. The van der Waals surface area contributed by atoms with Crippen molar-refractivity contribution in [2.45, 2.75) is 87.2 Å². The monoisotopic (exact) mass is 830 g/mol. The molecule has 6 aliphatic rings. The topological polar surface area (TPSA) is 154 Å². The number of hydrogen-bond acceptors (Lipinski definition) is 13. The van der Waals surface area contributed by atoms with E-state index in [2.05, 4.69) is 34.6 Å². The molecule has 3 saturated heterocycles. The van der Waals surface area contributed by atoms with Crippen molar-refractivity contribution in [3.63, 3.8) is 0 Å². The Labute approximate surface area is 346 Å². The van der Waals surface area contributed by atoms with E-state index in [0.29, 0.717) is 35.8 Å². The van der Waals surface area contributed by atoms with E-state index in [1.807, 2.05) is 24.9 Å². The number of benzene rings is 2. The van der Waals surface area contributed by atoms with Crippen molar-refractivity contribution in [3.8, 4) is 17.2 Å². The molecule has 1 aliphatic carbocycles. The third-order valence-corrected chi connectivity index (χ3v) is 14.2. The van der Waals surface area contributed by atoms with E-state index >= 15 is 0 Å². The second-order valence-electron chi connectivity index (χ2n) is 16.7. The quantitative estimate of drug-likeness (QED) is 0.149. The highest BCUT2D eigenvalue weighted by molar-refractivity contribution is 7.86. The molecule has 15 heteroatoms. The number of aliphatic imine (C=N–C) groups is 1. The molecule has 5 heterocycles. The van der Waals surface area contributed by atoms with Gasteiger partial charge in [0.1, 0.15) is 12.3 Å². The SMILES string of the molecule is C=CCOc1c([C@@H]2CN(C)[C@@H](CCC(=O)OC)C3=Nc4c(OS(C)(=O)=O)cccc4C32)cc2c(c1OC)N(C(=O)CC)[C@@H]1C=C[C@@]3(CC(=O)OC)CCCN4CC[C@@]21[C@H]43. The summed E-state index contributed by atoms with van der Waals surface area (Å²) in [4.78, 5) is 51.8. The van der Waals surface area contributed by atoms with Crippen LogP contribution in [0, 0.1) is 5.41 Å². The van der Waals surface area contributed by atoms with Crippen LogP contribution in [-0.4, -0.2) is 121 Å². The smallest absolute Gasteiger partial charge is 0.306 e. The van der Waals surface area contributed by atoms with Crippen LogP contribution in [0.15, 0.2) is 54.1 Å². The first kappa shape index (κ1) is 41.0. The number of methoxy groups -OCH3 is 3. The maximum atomic E-state index is 14.4. The second-order valence-corrected chi connectivity index (χ2v) is 18.3. The summed E-state index contributed by atoms with van der Waals surface area (Å²) in [6.07, 6.45) is 10.6. The number of amides is 1. The minimum Gasteiger partial charge on any atom is -0.491 e. The Hall–Kier alpha value is -4.73. The minimum absolute atomic E-state index is 0.0448. The number of anilines is 1. The summed E-state index contributed by atoms with van der Waals surface area (Å²) in [5.41, 5.74) is 3.42. The van der Waals surface area contributed by atoms with Gasteiger partial charge in [0, 0.05) is 65.4 Å². The number of carbonyl (C=O) groups is 3. The average molecular weight is 831 g/mol. The molecule has 5 aliphatic heterocycles. The third kappa shape index (κ3) is 6.46. The number of ether oxygens (including phenoxy) is 4. The van der Waals surface area contributed by atoms with Gasteiger partial charge in [-0.05, 0) is 69.1 Å². The minimum atomic E-state index is -3.89. The predicted molar refractivity (Wildman–Crippen MR) is 222 cm³/mol. The molecule has 316 valence electrons. The Morgan fingerprint density at radius 2 is 1.83 bits per heavy atom. The fourth-order valence-corrected chi connectivity index (χ4v) is 12.1. The molecule has 14 nitrogen and oxygen atoms in total. The third-order valence-electron chi connectivity index (χ3n) is 13.7. The summed E-state index contributed by atoms with van der Waals surface area (Å²) >= 11 is 0. The highest BCUT2D eigenvalue weighted by atomic mass is 32.2. The number of fused-ring (bicyclic) bond motifs is 4. The van der Waals surface area contributed by atoms with Gasteiger partial charge in [0.05, 0.1) is 45.7 Å². The van der Waals surface area contributed by atoms with Crippen LogP contribution in [0.5, 0.6) is 17.2 Å². The highest BCUT2D eigenvalue weighted by Gasteiger charge is 2.68. The Kier molecular flexibility index (Phi) is 10.7. The molecule has 0 aromatic heterocycles. The molecule has 7 atom stereocenters. The maximum Gasteiger partial charge on any atom is 0.306 e. The van der Waals surface area contributed by atoms with Gasteiger partial charge in [0.25, 0.3) is 0 Å². The molecule has 3 fully saturated rings. The molecule has 0 N–H and O–H groups in total. The number of carbonyl (C=O) groups excluding carboxylic acids is 3. The van der Waals surface area contributed by atoms with Gasteiger partial charge >= 0.3 is 22.1 Å². The summed E-state index contributed by atoms with van der Waals surface area (Å²) in [6, 6.07) is 6.85. The van der Waals surface area contributed by atoms with Gasteiger partial charge in [-0.15, -0.1) is 0 Å². The van der Waals surface area contributed by atoms with E-state index in [9.17, 15) is 22.8 Å². The summed E-state index contributed by atoms with van der Waals surface area (Å²) in [5.74, 6) is -0.273. The van der Waals surface area contributed by atoms with Gasteiger partial charge in [0.2, 0.25) is 5.91 Å². The molecule has 1 unspecified atom stereocenters. The molecule has 8 rings (SSSR count). The Morgan fingerprint density at radius 1 is 1.05 bits per heavy atom. The van der Waals surface area contributed by atoms with E-state index in [-0.39, 0.29) is 79.4 Å². The molecule has 1 spiro atoms. The van der Waals surface area contributed by atoms with Gasteiger partial charge in [-0.3, -0.25) is 29.2 Å². The summed E-state index contributed by atoms with van der Waals surface area (Å²) in [5, 5.41) is 0. The van der Waals surface area contributed by atoms with Crippen molar-refractivity contribution in [1.29, 1.82) is 0 Å². The largest absolute Gasteiger partial charge is 0.491 e. The first-order chi connectivity index (χ1) is 28.3. The lowest BCUT2D eigenvalue weighted by Gasteiger charge is -2.55. The summed E-state index contributed by atoms with van der Waals surface area (Å²) < 4.78 is 53.9. The fraction of sp³-hybridized carbons (Fsp3) is 0.545. The lowest BCUT2D eigenvalue weighted by Crippen LogP contribution is -2.63. The van der Waals surface area contributed by atoms with E-state index in [1.54, 1.807) is 25.3 Å². The van der Waals surface area contributed by atoms with Gasteiger partial charge in [-0.1, -0.05) is 43.9 Å².